The molecule has 1 unspecified atom stereocenters. The lowest BCUT2D eigenvalue weighted by Crippen LogP contribution is -2.05. The molecule has 0 aliphatic carbocycles. The molecule has 0 saturated carbocycles. The van der Waals surface area contributed by atoms with Gasteiger partial charge < -0.3 is 9.84 Å². The molecule has 0 aliphatic heterocycles. The van der Waals surface area contributed by atoms with Gasteiger partial charge in [-0.3, -0.25) is 0 Å². The largest absolute Gasteiger partial charge is 0.496 e. The molecular weight excluding hydrogens is 426 g/mol. The molecule has 2 aromatic rings. The van der Waals surface area contributed by atoms with Crippen LogP contribution in [0.15, 0.2) is 40.9 Å². The van der Waals surface area contributed by atoms with Gasteiger partial charge in [0.25, 0.3) is 0 Å². The van der Waals surface area contributed by atoms with E-state index in [1.165, 1.54) is 13.2 Å². The van der Waals surface area contributed by atoms with Crippen LogP contribution in [0.1, 0.15) is 17.2 Å². The zero-order chi connectivity index (χ0) is 14.0. The van der Waals surface area contributed by atoms with Crippen LogP contribution in [-0.2, 0) is 0 Å². The fourth-order valence-electron chi connectivity index (χ4n) is 1.80. The Morgan fingerprint density at radius 1 is 1.26 bits per heavy atom. The first kappa shape index (κ1) is 14.7. The van der Waals surface area contributed by atoms with E-state index in [0.717, 1.165) is 9.13 Å². The van der Waals surface area contributed by atoms with Crippen LogP contribution in [0.4, 0.5) is 4.39 Å². The number of hydrogen-bond acceptors (Lipinski definition) is 2. The van der Waals surface area contributed by atoms with Crippen LogP contribution in [0.25, 0.3) is 0 Å². The Balaban J connectivity index is 2.52. The number of aliphatic hydroxyl groups excluding tert-OH is 1. The van der Waals surface area contributed by atoms with E-state index in [1.807, 2.05) is 24.3 Å². The molecule has 0 bridgehead atoms. The van der Waals surface area contributed by atoms with Crippen molar-refractivity contribution in [2.45, 2.75) is 6.10 Å². The molecule has 0 heterocycles. The van der Waals surface area contributed by atoms with Crippen LogP contribution >= 0.6 is 38.5 Å². The second kappa shape index (κ2) is 6.19. The van der Waals surface area contributed by atoms with Gasteiger partial charge in [0.05, 0.1) is 11.6 Å². The van der Waals surface area contributed by atoms with Gasteiger partial charge in [-0.15, -0.1) is 0 Å². The number of methoxy groups -OCH3 is 1. The minimum absolute atomic E-state index is 0.299. The molecule has 0 fully saturated rings. The van der Waals surface area contributed by atoms with Crippen LogP contribution < -0.4 is 4.74 Å². The minimum atomic E-state index is -0.861. The van der Waals surface area contributed by atoms with Crippen molar-refractivity contribution < 1.29 is 14.2 Å². The number of halogens is 3. The van der Waals surface area contributed by atoms with Crippen molar-refractivity contribution in [2.24, 2.45) is 0 Å². The first-order chi connectivity index (χ1) is 9.04. The molecule has 0 aromatic heterocycles. The van der Waals surface area contributed by atoms with Crippen LogP contribution in [-0.4, -0.2) is 12.2 Å². The average Bonchev–Trinajstić information content (AvgIpc) is 2.41. The Bertz CT molecular complexity index is 604. The third-order valence-electron chi connectivity index (χ3n) is 2.77. The number of hydrogen-bond donors (Lipinski definition) is 1. The van der Waals surface area contributed by atoms with Crippen LogP contribution in [0.2, 0.25) is 0 Å². The van der Waals surface area contributed by atoms with E-state index in [9.17, 15) is 9.50 Å². The Morgan fingerprint density at radius 2 is 1.95 bits per heavy atom. The molecule has 1 atom stereocenters. The van der Waals surface area contributed by atoms with Gasteiger partial charge in [-0.1, -0.05) is 18.2 Å². The molecule has 100 valence electrons. The maximum absolute atomic E-state index is 13.5. The van der Waals surface area contributed by atoms with Gasteiger partial charge in [0.2, 0.25) is 0 Å². The van der Waals surface area contributed by atoms with E-state index in [-0.39, 0.29) is 0 Å². The zero-order valence-electron chi connectivity index (χ0n) is 10.0. The number of benzene rings is 2. The standard InChI is InChI=1S/C14H11BrFIO2/c1-19-13-7-11(16)10(15)6-9(13)14(18)8-4-2-3-5-12(8)17/h2-7,14,18H,1H3. The SMILES string of the molecule is COc1cc(F)c(Br)cc1C(O)c1ccccc1I. The van der Waals surface area contributed by atoms with Gasteiger partial charge in [0.15, 0.2) is 0 Å². The van der Waals surface area contributed by atoms with Crippen molar-refractivity contribution in [3.8, 4) is 5.75 Å². The van der Waals surface area contributed by atoms with Crippen molar-refractivity contribution in [3.63, 3.8) is 0 Å². The van der Waals surface area contributed by atoms with Gasteiger partial charge in [-0.05, 0) is 56.2 Å². The first-order valence-corrected chi connectivity index (χ1v) is 7.37. The van der Waals surface area contributed by atoms with Gasteiger partial charge in [-0.2, -0.15) is 0 Å². The predicted octanol–water partition coefficient (Wildman–Crippen LogP) is 4.28. The van der Waals surface area contributed by atoms with Crippen molar-refractivity contribution in [1.82, 2.24) is 0 Å². The Kier molecular flexibility index (Phi) is 4.81. The fraction of sp³-hybridized carbons (Fsp3) is 0.143. The topological polar surface area (TPSA) is 29.5 Å². The van der Waals surface area contributed by atoms with E-state index >= 15 is 0 Å². The Morgan fingerprint density at radius 3 is 2.58 bits per heavy atom. The maximum Gasteiger partial charge on any atom is 0.141 e. The summed E-state index contributed by atoms with van der Waals surface area (Å²) in [5.74, 6) is -0.0941. The first-order valence-electron chi connectivity index (χ1n) is 5.50. The smallest absolute Gasteiger partial charge is 0.141 e. The third kappa shape index (κ3) is 3.09. The highest BCUT2D eigenvalue weighted by Gasteiger charge is 2.19. The molecule has 0 saturated heterocycles. The van der Waals surface area contributed by atoms with Crippen molar-refractivity contribution >= 4 is 38.5 Å². The lowest BCUT2D eigenvalue weighted by Gasteiger charge is -2.17. The highest BCUT2D eigenvalue weighted by Crippen LogP contribution is 2.35. The zero-order valence-corrected chi connectivity index (χ0v) is 13.8. The number of rotatable bonds is 3. The highest BCUT2D eigenvalue weighted by atomic mass is 127. The van der Waals surface area contributed by atoms with Crippen molar-refractivity contribution in [2.75, 3.05) is 7.11 Å². The highest BCUT2D eigenvalue weighted by molar-refractivity contribution is 14.1. The monoisotopic (exact) mass is 436 g/mol. The average molecular weight is 437 g/mol. The third-order valence-corrected chi connectivity index (χ3v) is 4.36. The summed E-state index contributed by atoms with van der Waals surface area (Å²) < 4.78 is 19.9. The number of ether oxygens (including phenoxy) is 1. The van der Waals surface area contributed by atoms with Gasteiger partial charge >= 0.3 is 0 Å². The van der Waals surface area contributed by atoms with E-state index in [2.05, 4.69) is 38.5 Å². The van der Waals surface area contributed by atoms with Crippen LogP contribution in [0.3, 0.4) is 0 Å². The molecule has 1 N–H and O–H groups in total. The summed E-state index contributed by atoms with van der Waals surface area (Å²) in [7, 11) is 1.45. The second-order valence-corrected chi connectivity index (χ2v) is 5.95. The van der Waals surface area contributed by atoms with Crippen molar-refractivity contribution in [1.29, 1.82) is 0 Å². The lowest BCUT2D eigenvalue weighted by molar-refractivity contribution is 0.213. The maximum atomic E-state index is 13.5. The molecule has 2 nitrogen and oxygen atoms in total. The molecular formula is C14H11BrFIO2. The quantitative estimate of drug-likeness (QED) is 0.727. The Labute approximate surface area is 132 Å². The fourth-order valence-corrected chi connectivity index (χ4v) is 2.84. The molecule has 2 rings (SSSR count). The summed E-state index contributed by atoms with van der Waals surface area (Å²) in [6.07, 6.45) is -0.861. The van der Waals surface area contributed by atoms with E-state index < -0.39 is 11.9 Å². The minimum Gasteiger partial charge on any atom is -0.496 e. The van der Waals surface area contributed by atoms with E-state index in [1.54, 1.807) is 6.07 Å². The Hall–Kier alpha value is -0.660. The summed E-state index contributed by atoms with van der Waals surface area (Å²) in [6, 6.07) is 10.3. The van der Waals surface area contributed by atoms with E-state index in [4.69, 9.17) is 4.74 Å². The number of aliphatic hydroxyl groups is 1. The lowest BCUT2D eigenvalue weighted by atomic mass is 10.0. The van der Waals surface area contributed by atoms with Gasteiger partial charge in [-0.25, -0.2) is 4.39 Å². The van der Waals surface area contributed by atoms with Crippen LogP contribution in [0, 0.1) is 9.39 Å². The van der Waals surface area contributed by atoms with Crippen molar-refractivity contribution in [3.05, 3.63) is 61.4 Å². The summed E-state index contributed by atoms with van der Waals surface area (Å²) >= 11 is 5.28. The molecule has 19 heavy (non-hydrogen) atoms. The normalized spacial score (nSPS) is 12.3. The molecule has 0 spiro atoms. The molecule has 0 amide bonds. The van der Waals surface area contributed by atoms with E-state index in [0.29, 0.717) is 15.8 Å². The summed E-state index contributed by atoms with van der Waals surface area (Å²) in [4.78, 5) is 0. The predicted molar refractivity (Wildman–Crippen MR) is 83.9 cm³/mol. The summed E-state index contributed by atoms with van der Waals surface area (Å²) in [6.45, 7) is 0. The van der Waals surface area contributed by atoms with Gasteiger partial charge in [0, 0.05) is 15.2 Å². The molecule has 5 heteroatoms. The van der Waals surface area contributed by atoms with Gasteiger partial charge in [0.1, 0.15) is 17.7 Å². The molecule has 2 aromatic carbocycles. The summed E-state index contributed by atoms with van der Waals surface area (Å²) in [5.41, 5.74) is 1.29. The molecule has 0 aliphatic rings. The second-order valence-electron chi connectivity index (χ2n) is 3.93. The summed E-state index contributed by atoms with van der Waals surface area (Å²) in [5, 5.41) is 10.5. The van der Waals surface area contributed by atoms with Crippen LogP contribution in [0.5, 0.6) is 5.75 Å². The molecule has 0 radical (unpaired) electrons.